The number of hydrogen-bond acceptors (Lipinski definition) is 1. The van der Waals surface area contributed by atoms with Gasteiger partial charge in [-0.3, -0.25) is 6.08 Å². The number of allylic oxidation sites excluding steroid dienone is 6. The van der Waals surface area contributed by atoms with Crippen molar-refractivity contribution in [3.8, 4) is 5.75 Å². The monoisotopic (exact) mass is 596 g/mol. The minimum absolute atomic E-state index is 0. The predicted octanol–water partition coefficient (Wildman–Crippen LogP) is 10.8. The molecule has 1 nitrogen and oxygen atoms in total. The van der Waals surface area contributed by atoms with Gasteiger partial charge in [0.05, 0.1) is 0 Å². The van der Waals surface area contributed by atoms with Crippen LogP contribution in [-0.4, -0.2) is 9.52 Å². The van der Waals surface area contributed by atoms with Gasteiger partial charge in [0.2, 0.25) is 0 Å². The molecule has 0 bridgehead atoms. The van der Waals surface area contributed by atoms with E-state index in [1.165, 1.54) is 27.8 Å². The molecule has 1 atom stereocenters. The van der Waals surface area contributed by atoms with Gasteiger partial charge in [-0.2, -0.15) is 11.1 Å². The quantitative estimate of drug-likeness (QED) is 0.123. The maximum absolute atomic E-state index is 6.43. The van der Waals surface area contributed by atoms with Crippen LogP contribution in [0.25, 0.3) is 11.8 Å². The van der Waals surface area contributed by atoms with Gasteiger partial charge in [0.25, 0.3) is 0 Å². The molecule has 41 heavy (non-hydrogen) atoms. The van der Waals surface area contributed by atoms with E-state index in [-0.39, 0.29) is 27.1 Å². The summed E-state index contributed by atoms with van der Waals surface area (Å²) < 4.78 is 6.43. The molecule has 0 aromatic heterocycles. The van der Waals surface area contributed by atoms with Crippen LogP contribution in [0.3, 0.4) is 0 Å². The number of ether oxygens (including phenoxy) is 1. The number of benzene rings is 3. The topological polar surface area (TPSA) is 9.23 Å². The first-order valence-electron chi connectivity index (χ1n) is 14.3. The molecular formula is C38H48OSiTi-. The van der Waals surface area contributed by atoms with Crippen molar-refractivity contribution in [2.45, 2.75) is 68.5 Å². The van der Waals surface area contributed by atoms with E-state index in [0.717, 1.165) is 32.2 Å². The van der Waals surface area contributed by atoms with E-state index in [4.69, 9.17) is 4.74 Å². The first-order chi connectivity index (χ1) is 19.0. The zero-order chi connectivity index (χ0) is 29.7. The van der Waals surface area contributed by atoms with Crippen molar-refractivity contribution in [3.05, 3.63) is 136 Å². The average molecular weight is 597 g/mol. The molecule has 0 aliphatic heterocycles. The molecule has 4 rings (SSSR count). The minimum atomic E-state index is -0.0822. The van der Waals surface area contributed by atoms with Gasteiger partial charge in [-0.1, -0.05) is 151 Å². The molecule has 0 N–H and O–H groups in total. The summed E-state index contributed by atoms with van der Waals surface area (Å²) >= 11 is 0. The number of aryl methyl sites for hydroxylation is 1. The van der Waals surface area contributed by atoms with Crippen molar-refractivity contribution in [2.75, 3.05) is 0 Å². The summed E-state index contributed by atoms with van der Waals surface area (Å²) in [7, 11) is 0.750. The van der Waals surface area contributed by atoms with Gasteiger partial charge < -0.3 is 4.74 Å². The molecule has 1 unspecified atom stereocenters. The Labute approximate surface area is 268 Å². The van der Waals surface area contributed by atoms with Crippen molar-refractivity contribution >= 4 is 21.4 Å². The molecule has 1 aliphatic rings. The molecule has 0 saturated heterocycles. The Bertz CT molecular complexity index is 1310. The third-order valence-corrected chi connectivity index (χ3v) is 6.81. The van der Waals surface area contributed by atoms with E-state index in [9.17, 15) is 0 Å². The standard InChI is InChI=1S/C27H28O.C9H13.C2H7Si.Ti/c1-21-15-17-22(18-16-21)19-20-25(27(2,3)4)26(23-11-7-5-8-12-23)28-24-13-9-6-10-14-24;1-6-5-7(2)9(4)8(6)3;1-3-2;/h5-20H,1-4H3;6H,1-4H3;3H,1-2H3;/q;-1;;. The van der Waals surface area contributed by atoms with E-state index in [2.05, 4.69) is 123 Å². The minimum Gasteiger partial charge on any atom is -0.456 e. The normalized spacial score (nSPS) is 15.1. The Morgan fingerprint density at radius 2 is 1.32 bits per heavy atom. The van der Waals surface area contributed by atoms with Crippen molar-refractivity contribution < 1.29 is 26.5 Å². The first kappa shape index (κ1) is 36.4. The molecular weight excluding hydrogens is 548 g/mol. The third-order valence-electron chi connectivity index (χ3n) is 6.81. The molecule has 1 radical (unpaired) electrons. The van der Waals surface area contributed by atoms with Crippen LogP contribution >= 0.6 is 0 Å². The van der Waals surface area contributed by atoms with Gasteiger partial charge in [0.1, 0.15) is 11.5 Å². The van der Waals surface area contributed by atoms with Gasteiger partial charge in [0, 0.05) is 42.4 Å². The molecule has 3 heteroatoms. The van der Waals surface area contributed by atoms with Crippen LogP contribution in [0, 0.1) is 24.3 Å². The second-order valence-corrected chi connectivity index (χ2v) is 12.5. The van der Waals surface area contributed by atoms with Crippen LogP contribution < -0.4 is 4.74 Å². The summed E-state index contributed by atoms with van der Waals surface area (Å²) in [5, 5.41) is 0. The molecule has 0 saturated carbocycles. The second kappa shape index (κ2) is 18.0. The van der Waals surface area contributed by atoms with Crippen molar-refractivity contribution in [1.82, 2.24) is 0 Å². The largest absolute Gasteiger partial charge is 0.456 e. The predicted molar refractivity (Wildman–Crippen MR) is 179 cm³/mol. The van der Waals surface area contributed by atoms with Crippen LogP contribution in [0.5, 0.6) is 5.75 Å². The van der Waals surface area contributed by atoms with Crippen molar-refractivity contribution in [1.29, 1.82) is 0 Å². The van der Waals surface area contributed by atoms with E-state index >= 15 is 0 Å². The molecule has 0 heterocycles. The SMILES string of the molecule is CC1=[C-]C(C)C(C)=C1C.C[SiH]C.Cc1ccc(C=CC(=C(Oc2ccccc2)c2ccccc2)C(C)(C)C)cc1.[Ti]. The zero-order valence-electron chi connectivity index (χ0n) is 26.8. The fourth-order valence-electron chi connectivity index (χ4n) is 4.15. The Morgan fingerprint density at radius 3 is 1.73 bits per heavy atom. The summed E-state index contributed by atoms with van der Waals surface area (Å²) in [5.41, 5.74) is 8.84. The fourth-order valence-corrected chi connectivity index (χ4v) is 4.15. The molecule has 3 aromatic carbocycles. The molecule has 0 fully saturated rings. The van der Waals surface area contributed by atoms with Crippen LogP contribution in [0.15, 0.2) is 113 Å². The average Bonchev–Trinajstić information content (AvgIpc) is 3.15. The molecule has 0 spiro atoms. The smallest absolute Gasteiger partial charge is 0.138 e. The summed E-state index contributed by atoms with van der Waals surface area (Å²) in [6, 6.07) is 28.9. The Hall–Kier alpha value is -2.65. The third kappa shape index (κ3) is 12.0. The molecule has 1 aliphatic carbocycles. The van der Waals surface area contributed by atoms with Gasteiger partial charge in [-0.25, -0.2) is 5.57 Å². The maximum Gasteiger partial charge on any atom is 0.138 e. The first-order valence-corrected chi connectivity index (χ1v) is 16.6. The number of rotatable bonds is 5. The van der Waals surface area contributed by atoms with E-state index in [1.807, 2.05) is 48.5 Å². The van der Waals surface area contributed by atoms with Gasteiger partial charge in [-0.05, 0) is 30.0 Å². The Balaban J connectivity index is 0.000000542. The summed E-state index contributed by atoms with van der Waals surface area (Å²) in [5.74, 6) is 2.29. The Morgan fingerprint density at radius 1 is 0.805 bits per heavy atom. The molecule has 215 valence electrons. The van der Waals surface area contributed by atoms with Gasteiger partial charge in [-0.15, -0.1) is 6.92 Å². The summed E-state index contributed by atoms with van der Waals surface area (Å²) in [6.07, 6.45) is 7.71. The van der Waals surface area contributed by atoms with Crippen LogP contribution in [0.2, 0.25) is 13.1 Å². The van der Waals surface area contributed by atoms with Gasteiger partial charge in [0.15, 0.2) is 0 Å². The number of para-hydroxylation sites is 1. The summed E-state index contributed by atoms with van der Waals surface area (Å²) in [6.45, 7) is 21.9. The van der Waals surface area contributed by atoms with E-state index in [0.29, 0.717) is 5.92 Å². The summed E-state index contributed by atoms with van der Waals surface area (Å²) in [4.78, 5) is 0. The van der Waals surface area contributed by atoms with E-state index in [1.54, 1.807) is 0 Å². The van der Waals surface area contributed by atoms with E-state index < -0.39 is 0 Å². The van der Waals surface area contributed by atoms with Gasteiger partial charge >= 0.3 is 0 Å². The second-order valence-electron chi connectivity index (χ2n) is 11.4. The van der Waals surface area contributed by atoms with Crippen molar-refractivity contribution in [2.24, 2.45) is 11.3 Å². The van der Waals surface area contributed by atoms with Crippen molar-refractivity contribution in [3.63, 3.8) is 0 Å². The maximum atomic E-state index is 6.43. The molecule has 3 aromatic rings. The van der Waals surface area contributed by atoms with Crippen LogP contribution in [-0.2, 0) is 21.7 Å². The van der Waals surface area contributed by atoms with Crippen LogP contribution in [0.4, 0.5) is 0 Å². The number of hydrogen-bond donors (Lipinski definition) is 0. The zero-order valence-corrected chi connectivity index (χ0v) is 29.5. The Kier molecular flexibility index (Phi) is 16.0. The fraction of sp³-hybridized carbons (Fsp3) is 0.316. The van der Waals surface area contributed by atoms with Crippen LogP contribution in [0.1, 0.15) is 65.2 Å². The molecule has 0 amide bonds.